The van der Waals surface area contributed by atoms with Crippen molar-refractivity contribution in [2.75, 3.05) is 13.2 Å². The summed E-state index contributed by atoms with van der Waals surface area (Å²) < 4.78 is 0. The Morgan fingerprint density at radius 2 is 2.10 bits per heavy atom. The van der Waals surface area contributed by atoms with Crippen LogP contribution in [-0.2, 0) is 0 Å². The molecular weight excluding hydrogens is 477 g/mol. The van der Waals surface area contributed by atoms with Crippen LogP contribution in [0, 0.1) is 56.4 Å². The molecule has 0 aromatic heterocycles. The molecule has 1 aromatic carbocycles. The van der Waals surface area contributed by atoms with E-state index < -0.39 is 0 Å². The first kappa shape index (κ1) is 18.9. The van der Waals surface area contributed by atoms with Crippen molar-refractivity contribution in [3.8, 4) is 0 Å². The van der Waals surface area contributed by atoms with Crippen molar-refractivity contribution < 1.29 is 54.0 Å². The number of hydrogen-bond donors (Lipinski definition) is 2. The fraction of sp³-hybridized carbons (Fsp3) is 0.471. The monoisotopic (exact) mass is 500 g/mol. The molecule has 0 bridgehead atoms. The molecule has 1 radical (unpaired) electrons. The quantitative estimate of drug-likeness (QED) is 0.625. The maximum atomic E-state index is 12.2. The second-order valence-electron chi connectivity index (χ2n) is 6.03. The number of carbonyl (C=O) groups is 1. The minimum absolute atomic E-state index is 0. The maximum Gasteiger partial charge on any atom is 0.251 e. The number of nitrogens with one attached hydrogen (secondary N) is 1. The van der Waals surface area contributed by atoms with Crippen LogP contribution in [0.25, 0.3) is 0 Å². The largest absolute Gasteiger partial charge is 0.392 e. The molecule has 1 aliphatic rings. The zero-order chi connectivity index (χ0) is 14.6. The van der Waals surface area contributed by atoms with Gasteiger partial charge in [-0.1, -0.05) is 31.2 Å². The van der Waals surface area contributed by atoms with Crippen LogP contribution >= 0.6 is 0 Å². The van der Waals surface area contributed by atoms with Crippen LogP contribution in [0.1, 0.15) is 42.1 Å². The Bertz CT molecular complexity index is 527. The predicted octanol–water partition coefficient (Wildman–Crippen LogP) is 2.83. The average molecular weight is 500 g/mol. The molecule has 0 spiro atoms. The van der Waals surface area contributed by atoms with Gasteiger partial charge in [0, 0.05) is 56.2 Å². The number of benzene rings is 1. The van der Waals surface area contributed by atoms with E-state index >= 15 is 0 Å². The van der Waals surface area contributed by atoms with Crippen molar-refractivity contribution in [3.63, 3.8) is 0 Å². The first-order chi connectivity index (χ1) is 9.54. The molecule has 0 unspecified atom stereocenters. The molecule has 0 fully saturated rings. The normalized spacial score (nSPS) is 21.2. The summed E-state index contributed by atoms with van der Waals surface area (Å²) in [4.78, 5) is 12.2. The molecule has 1 atom stereocenters. The summed E-state index contributed by atoms with van der Waals surface area (Å²) in [5.41, 5.74) is 2.96. The van der Waals surface area contributed by atoms with Crippen LogP contribution in [0.3, 0.4) is 0 Å². The van der Waals surface area contributed by atoms with Gasteiger partial charge >= 0.3 is 0 Å². The predicted molar refractivity (Wildman–Crippen MR) is 80.6 cm³/mol. The van der Waals surface area contributed by atoms with Crippen molar-refractivity contribution in [3.05, 3.63) is 47.0 Å². The van der Waals surface area contributed by atoms with Gasteiger partial charge in [0.05, 0.1) is 6.61 Å². The van der Waals surface area contributed by atoms with Gasteiger partial charge in [-0.2, -0.15) is 0 Å². The van der Waals surface area contributed by atoms with Gasteiger partial charge in [0.25, 0.3) is 5.91 Å². The Morgan fingerprint density at radius 3 is 2.67 bits per heavy atom. The van der Waals surface area contributed by atoms with Gasteiger partial charge in [0.15, 0.2) is 0 Å². The molecule has 0 heterocycles. The third kappa shape index (κ3) is 5.20. The molecular formula is C17H23AcNO2. The van der Waals surface area contributed by atoms with Gasteiger partial charge < -0.3 is 10.4 Å². The number of carbonyl (C=O) groups excluding carboxylic acids is 1. The summed E-state index contributed by atoms with van der Waals surface area (Å²) in [6, 6.07) is 7.64. The second-order valence-corrected chi connectivity index (χ2v) is 6.03. The van der Waals surface area contributed by atoms with E-state index in [1.54, 1.807) is 0 Å². The number of aliphatic hydroxyl groups is 1. The molecule has 21 heavy (non-hydrogen) atoms. The van der Waals surface area contributed by atoms with Gasteiger partial charge in [-0.25, -0.2) is 0 Å². The number of aryl methyl sites for hydroxylation is 1. The minimum Gasteiger partial charge on any atom is -0.392 e. The number of hydrogen-bond acceptors (Lipinski definition) is 2. The van der Waals surface area contributed by atoms with Crippen molar-refractivity contribution in [1.82, 2.24) is 5.32 Å². The summed E-state index contributed by atoms with van der Waals surface area (Å²) in [6.07, 6.45) is 4.96. The van der Waals surface area contributed by atoms with E-state index in [2.05, 4.69) is 18.3 Å². The van der Waals surface area contributed by atoms with Crippen LogP contribution in [0.4, 0.5) is 0 Å². The zero-order valence-electron chi connectivity index (χ0n) is 12.9. The standard InChI is InChI=1S/C17H23NO2.Ac/c1-13-5-3-4-6-15(13)16(20)18-12-17(2)9-7-14(11-19)8-10-17;/h3-7,19H,8-12H2,1-2H3,(H,18,20);/t17-;/m0./s1. The zero-order valence-corrected chi connectivity index (χ0v) is 17.6. The molecule has 0 aliphatic heterocycles. The van der Waals surface area contributed by atoms with Gasteiger partial charge in [-0.3, -0.25) is 4.79 Å². The van der Waals surface area contributed by atoms with E-state index in [0.717, 1.165) is 36.0 Å². The summed E-state index contributed by atoms with van der Waals surface area (Å²) in [7, 11) is 0. The SMILES string of the molecule is Cc1ccccc1C(=O)NC[C@@]1(C)CC=C(CO)CC1.[Ac]. The average Bonchev–Trinajstić information content (AvgIpc) is 2.46. The maximum absolute atomic E-state index is 12.2. The second kappa shape index (κ2) is 8.46. The molecule has 111 valence electrons. The third-order valence-electron chi connectivity index (χ3n) is 4.20. The van der Waals surface area contributed by atoms with E-state index in [-0.39, 0.29) is 62.0 Å². The Balaban J connectivity index is 0.00000220. The summed E-state index contributed by atoms with van der Waals surface area (Å²) >= 11 is 0. The molecule has 0 saturated carbocycles. The van der Waals surface area contributed by atoms with Crippen LogP contribution < -0.4 is 5.32 Å². The van der Waals surface area contributed by atoms with Crippen LogP contribution in [-0.4, -0.2) is 24.2 Å². The van der Waals surface area contributed by atoms with E-state index in [0.29, 0.717) is 6.54 Å². The van der Waals surface area contributed by atoms with E-state index in [1.165, 1.54) is 0 Å². The Hall–Kier alpha value is -0.168. The topological polar surface area (TPSA) is 49.3 Å². The summed E-state index contributed by atoms with van der Waals surface area (Å²) in [5.74, 6) is 0.00117. The first-order valence-electron chi connectivity index (χ1n) is 7.17. The van der Waals surface area contributed by atoms with Crippen molar-refractivity contribution in [2.45, 2.75) is 33.1 Å². The smallest absolute Gasteiger partial charge is 0.251 e. The van der Waals surface area contributed by atoms with Gasteiger partial charge in [-0.15, -0.1) is 0 Å². The van der Waals surface area contributed by atoms with Gasteiger partial charge in [0.1, 0.15) is 0 Å². The molecule has 2 rings (SSSR count). The summed E-state index contributed by atoms with van der Waals surface area (Å²) in [6.45, 7) is 4.98. The van der Waals surface area contributed by atoms with Crippen LogP contribution in [0.2, 0.25) is 0 Å². The molecule has 4 heteroatoms. The third-order valence-corrected chi connectivity index (χ3v) is 4.20. The number of aliphatic hydroxyl groups excluding tert-OH is 1. The van der Waals surface area contributed by atoms with E-state index in [1.807, 2.05) is 31.2 Å². The Kier molecular flexibility index (Phi) is 7.61. The summed E-state index contributed by atoms with van der Waals surface area (Å²) in [5, 5.41) is 12.2. The van der Waals surface area contributed by atoms with Crippen LogP contribution in [0.15, 0.2) is 35.9 Å². The fourth-order valence-electron chi connectivity index (χ4n) is 2.58. The van der Waals surface area contributed by atoms with Crippen LogP contribution in [0.5, 0.6) is 0 Å². The number of allylic oxidation sites excluding steroid dienone is 1. The van der Waals surface area contributed by atoms with Gasteiger partial charge in [0.2, 0.25) is 0 Å². The Labute approximate surface area is 162 Å². The fourth-order valence-corrected chi connectivity index (χ4v) is 2.58. The first-order valence-corrected chi connectivity index (χ1v) is 7.17. The molecule has 1 amide bonds. The number of amides is 1. The molecule has 3 nitrogen and oxygen atoms in total. The Morgan fingerprint density at radius 1 is 1.38 bits per heavy atom. The molecule has 0 saturated heterocycles. The van der Waals surface area contributed by atoms with Gasteiger partial charge in [-0.05, 0) is 48.8 Å². The van der Waals surface area contributed by atoms with Crippen molar-refractivity contribution >= 4 is 5.91 Å². The molecule has 1 aliphatic carbocycles. The number of rotatable bonds is 4. The van der Waals surface area contributed by atoms with Crippen molar-refractivity contribution in [2.24, 2.45) is 5.41 Å². The minimum atomic E-state index is 0. The van der Waals surface area contributed by atoms with Crippen molar-refractivity contribution in [1.29, 1.82) is 0 Å². The molecule has 1 aromatic rings. The molecule has 2 N–H and O–H groups in total. The van der Waals surface area contributed by atoms with E-state index in [9.17, 15) is 4.79 Å². The van der Waals surface area contributed by atoms with E-state index in [4.69, 9.17) is 5.11 Å².